The first-order valence-corrected chi connectivity index (χ1v) is 1.48. The van der Waals surface area contributed by atoms with Gasteiger partial charge in [-0.1, -0.05) is 0 Å². The van der Waals surface area contributed by atoms with Gasteiger partial charge in [0.15, 0.2) is 0 Å². The Morgan fingerprint density at radius 3 is 1.50 bits per heavy atom. The second kappa shape index (κ2) is 23.9. The van der Waals surface area contributed by atoms with Gasteiger partial charge < -0.3 is 0 Å². The van der Waals surface area contributed by atoms with Crippen LogP contribution in [0.4, 0.5) is 0 Å². The molecule has 5 heteroatoms. The summed E-state index contributed by atoms with van der Waals surface area (Å²) in [7, 11) is 1.79. The van der Waals surface area contributed by atoms with Crippen LogP contribution in [0.2, 0.25) is 0 Å². The van der Waals surface area contributed by atoms with Gasteiger partial charge in [-0.25, -0.2) is 0 Å². The molecule has 2 radical (unpaired) electrons. The van der Waals surface area contributed by atoms with E-state index >= 15 is 0 Å². The third kappa shape index (κ3) is 26.5. The van der Waals surface area contributed by atoms with E-state index in [1.807, 2.05) is 0 Å². The minimum absolute atomic E-state index is 0. The Hall–Kier alpha value is 3.34. The molecule has 0 aromatic rings. The molecule has 6 heavy (non-hydrogen) atoms. The van der Waals surface area contributed by atoms with Crippen LogP contribution in [0.15, 0.2) is 0 Å². The van der Waals surface area contributed by atoms with E-state index in [1.165, 1.54) is 0 Å². The molecule has 0 fully saturated rings. The van der Waals surface area contributed by atoms with Gasteiger partial charge >= 0.3 is 65.0 Å². The molecule has 0 aliphatic carbocycles. The minimum atomic E-state index is 0. The standard InChI is InChI=1S/CH4BrN.Ca.Pb.Ti.4H/c1-3-2;;;;;;;/h3H,1H3;;;;;;;. The van der Waals surface area contributed by atoms with E-state index in [9.17, 15) is 0 Å². The molecular weight excluding hydrogens is 401 g/mol. The van der Waals surface area contributed by atoms with E-state index < -0.39 is 0 Å². The number of nitrogens with one attached hydrogen (secondary N) is 1. The zero-order valence-corrected chi connectivity index (χ0v) is 11.7. The summed E-state index contributed by atoms with van der Waals surface area (Å²) in [6.45, 7) is 0. The van der Waals surface area contributed by atoms with Crippen molar-refractivity contribution in [2.45, 2.75) is 0 Å². The quantitative estimate of drug-likeness (QED) is 0.387. The van der Waals surface area contributed by atoms with Gasteiger partial charge in [0.2, 0.25) is 0 Å². The molecule has 0 aromatic carbocycles. The zero-order chi connectivity index (χ0) is 2.71. The van der Waals surface area contributed by atoms with E-state index in [2.05, 4.69) is 20.5 Å². The van der Waals surface area contributed by atoms with E-state index in [1.54, 1.807) is 7.05 Å². The number of rotatable bonds is 0. The molecule has 0 saturated heterocycles. The summed E-state index contributed by atoms with van der Waals surface area (Å²) in [5.41, 5.74) is 0. The fourth-order valence-corrected chi connectivity index (χ4v) is 0. The van der Waals surface area contributed by atoms with Crippen molar-refractivity contribution in [2.24, 2.45) is 0 Å². The molecule has 1 N–H and O–H groups in total. The molecule has 0 atom stereocenters. The molecule has 0 heterocycles. The van der Waals surface area contributed by atoms with Gasteiger partial charge in [-0.3, -0.25) is 4.34 Å². The van der Waals surface area contributed by atoms with E-state index in [-0.39, 0.29) is 86.8 Å². The van der Waals surface area contributed by atoms with Crippen LogP contribution in [0.1, 0.15) is 0 Å². The third-order valence-electron chi connectivity index (χ3n) is 0. The average molecular weight is 409 g/mol. The number of halogens is 1. The predicted molar refractivity (Wildman–Crippen MR) is 35.1 cm³/mol. The van der Waals surface area contributed by atoms with Gasteiger partial charge in [0.1, 0.15) is 0 Å². The Kier molecular flexibility index (Phi) is 90.6. The molecular formula is CH8BrCaNPbTi. The van der Waals surface area contributed by atoms with Crippen molar-refractivity contribution in [3.05, 3.63) is 0 Å². The fraction of sp³-hybridized carbons (Fsp3) is 1.00. The van der Waals surface area contributed by atoms with Crippen LogP contribution < -0.4 is 4.34 Å². The van der Waals surface area contributed by atoms with Crippen molar-refractivity contribution in [1.82, 2.24) is 4.34 Å². The SMILES string of the molecule is CNBr.[CaH2].[PbH2].[Ti]. The normalized spacial score (nSPS) is 3.00. The number of hydrogen-bond acceptors (Lipinski definition) is 1. The molecule has 0 amide bonds. The van der Waals surface area contributed by atoms with Crippen LogP contribution in [0.3, 0.4) is 0 Å². The van der Waals surface area contributed by atoms with Crippen LogP contribution in [-0.2, 0) is 21.7 Å². The number of hydrogen-bond donors (Lipinski definition) is 1. The molecule has 0 aliphatic rings. The van der Waals surface area contributed by atoms with Gasteiger partial charge in [0.05, 0.1) is 0 Å². The zero-order valence-electron chi connectivity index (χ0n) is 3.09. The summed E-state index contributed by atoms with van der Waals surface area (Å²) < 4.78 is 2.56. The minimum Gasteiger partial charge on any atom is 0 e. The van der Waals surface area contributed by atoms with Gasteiger partial charge in [-0.05, 0) is 7.05 Å². The Labute approximate surface area is 112 Å². The fourth-order valence-electron chi connectivity index (χ4n) is 0. The van der Waals surface area contributed by atoms with Crippen LogP contribution in [0, 0.1) is 0 Å². The summed E-state index contributed by atoms with van der Waals surface area (Å²) in [5.74, 6) is 0. The van der Waals surface area contributed by atoms with E-state index in [0.717, 1.165) is 0 Å². The molecule has 0 spiro atoms. The van der Waals surface area contributed by atoms with Crippen LogP contribution in [0.5, 0.6) is 0 Å². The monoisotopic (exact) mass is 409 g/mol. The summed E-state index contributed by atoms with van der Waals surface area (Å²) in [6.07, 6.45) is 0. The van der Waals surface area contributed by atoms with Crippen molar-refractivity contribution < 1.29 is 21.7 Å². The molecule has 0 aromatic heterocycles. The van der Waals surface area contributed by atoms with Gasteiger partial charge in [0, 0.05) is 37.9 Å². The Morgan fingerprint density at radius 1 is 1.50 bits per heavy atom. The van der Waals surface area contributed by atoms with E-state index in [4.69, 9.17) is 0 Å². The van der Waals surface area contributed by atoms with Crippen LogP contribution >= 0.6 is 16.1 Å². The maximum absolute atomic E-state index is 2.90. The molecule has 0 rings (SSSR count). The summed E-state index contributed by atoms with van der Waals surface area (Å²) in [4.78, 5) is 0. The summed E-state index contributed by atoms with van der Waals surface area (Å²) in [6, 6.07) is 0. The van der Waals surface area contributed by atoms with Crippen molar-refractivity contribution in [3.63, 3.8) is 0 Å². The first kappa shape index (κ1) is 22.8. The largest absolute Gasteiger partial charge is 0 e. The molecule has 0 saturated carbocycles. The predicted octanol–water partition coefficient (Wildman–Crippen LogP) is -1.32. The average Bonchev–Trinajstić information content (AvgIpc) is 0.918. The first-order valence-electron chi connectivity index (χ1n) is 0.689. The second-order valence-corrected chi connectivity index (χ2v) is 0.982. The molecule has 0 unspecified atom stereocenters. The van der Waals surface area contributed by atoms with Crippen LogP contribution in [-0.4, -0.2) is 72.1 Å². The van der Waals surface area contributed by atoms with Crippen molar-refractivity contribution in [1.29, 1.82) is 0 Å². The molecule has 0 aliphatic heterocycles. The first-order chi connectivity index (χ1) is 1.41. The molecule has 1 nitrogen and oxygen atoms in total. The topological polar surface area (TPSA) is 12.0 Å². The summed E-state index contributed by atoms with van der Waals surface area (Å²) >= 11 is 2.90. The van der Waals surface area contributed by atoms with Crippen molar-refractivity contribution >= 4 is 81.2 Å². The maximum atomic E-state index is 2.90. The Balaban J connectivity index is -0.00000000667. The second-order valence-electron chi connectivity index (χ2n) is 0.189. The van der Waals surface area contributed by atoms with Gasteiger partial charge in [0.25, 0.3) is 0 Å². The van der Waals surface area contributed by atoms with Crippen molar-refractivity contribution in [2.75, 3.05) is 7.05 Å². The van der Waals surface area contributed by atoms with Gasteiger partial charge in [-0.2, -0.15) is 0 Å². The van der Waals surface area contributed by atoms with Crippen molar-refractivity contribution in [3.8, 4) is 0 Å². The Bertz CT molecular complexity index is 15.5. The maximum Gasteiger partial charge on any atom is 0 e. The van der Waals surface area contributed by atoms with Gasteiger partial charge in [-0.15, -0.1) is 0 Å². The summed E-state index contributed by atoms with van der Waals surface area (Å²) in [5, 5.41) is 0. The molecule has 34 valence electrons. The van der Waals surface area contributed by atoms with E-state index in [0.29, 0.717) is 0 Å². The van der Waals surface area contributed by atoms with Crippen LogP contribution in [0.25, 0.3) is 0 Å². The Morgan fingerprint density at radius 2 is 1.50 bits per heavy atom. The molecule has 0 bridgehead atoms. The smallest absolute Gasteiger partial charge is 0 e. The third-order valence-corrected chi connectivity index (χ3v) is 0.